The normalized spacial score (nSPS) is 17.1. The van der Waals surface area contributed by atoms with E-state index in [4.69, 9.17) is 0 Å². The number of hydrogen-bond donors (Lipinski definition) is 1. The summed E-state index contributed by atoms with van der Waals surface area (Å²) in [5.41, 5.74) is 2.19. The number of anilines is 1. The summed E-state index contributed by atoms with van der Waals surface area (Å²) in [6, 6.07) is 8.23. The lowest BCUT2D eigenvalue weighted by molar-refractivity contribution is 0.145. The highest BCUT2D eigenvalue weighted by atomic mass is 16.3. The SMILES string of the molecule is OC1CCN(c2cccc(-n3ccnn3)c2)CC1. The molecule has 0 bridgehead atoms. The van der Waals surface area contributed by atoms with Gasteiger partial charge in [-0.15, -0.1) is 5.10 Å². The molecule has 5 heteroatoms. The number of aromatic nitrogens is 3. The molecule has 1 fully saturated rings. The second-order valence-electron chi connectivity index (χ2n) is 4.59. The summed E-state index contributed by atoms with van der Waals surface area (Å²) in [6.07, 6.45) is 5.05. The molecule has 0 unspecified atom stereocenters. The van der Waals surface area contributed by atoms with E-state index in [0.29, 0.717) is 0 Å². The van der Waals surface area contributed by atoms with Crippen molar-refractivity contribution in [3.05, 3.63) is 36.7 Å². The van der Waals surface area contributed by atoms with Crippen molar-refractivity contribution >= 4 is 5.69 Å². The molecule has 2 aromatic rings. The van der Waals surface area contributed by atoms with E-state index < -0.39 is 0 Å². The van der Waals surface area contributed by atoms with E-state index in [1.165, 1.54) is 5.69 Å². The van der Waals surface area contributed by atoms with E-state index in [9.17, 15) is 5.11 Å². The van der Waals surface area contributed by atoms with Crippen LogP contribution in [0, 0.1) is 0 Å². The van der Waals surface area contributed by atoms with Gasteiger partial charge in [0.2, 0.25) is 0 Å². The van der Waals surface area contributed by atoms with E-state index in [1.807, 2.05) is 18.3 Å². The van der Waals surface area contributed by atoms with Crippen LogP contribution in [0.5, 0.6) is 0 Å². The highest BCUT2D eigenvalue weighted by Crippen LogP contribution is 2.22. The largest absolute Gasteiger partial charge is 0.393 e. The number of rotatable bonds is 2. The number of piperidine rings is 1. The molecular weight excluding hydrogens is 228 g/mol. The van der Waals surface area contributed by atoms with Gasteiger partial charge in [-0.25, -0.2) is 4.68 Å². The summed E-state index contributed by atoms with van der Waals surface area (Å²) >= 11 is 0. The van der Waals surface area contributed by atoms with Crippen molar-refractivity contribution in [3.8, 4) is 5.69 Å². The second-order valence-corrected chi connectivity index (χ2v) is 4.59. The van der Waals surface area contributed by atoms with Crippen LogP contribution in [-0.2, 0) is 0 Å². The van der Waals surface area contributed by atoms with Gasteiger partial charge in [0.05, 0.1) is 24.2 Å². The molecule has 0 amide bonds. The summed E-state index contributed by atoms with van der Waals surface area (Å²) in [7, 11) is 0. The Labute approximate surface area is 106 Å². The van der Waals surface area contributed by atoms with Crippen LogP contribution in [0.4, 0.5) is 5.69 Å². The van der Waals surface area contributed by atoms with Crippen molar-refractivity contribution < 1.29 is 5.11 Å². The lowest BCUT2D eigenvalue weighted by Crippen LogP contribution is -2.35. The first-order valence-electron chi connectivity index (χ1n) is 6.23. The third kappa shape index (κ3) is 2.22. The van der Waals surface area contributed by atoms with E-state index in [-0.39, 0.29) is 6.10 Å². The number of nitrogens with zero attached hydrogens (tertiary/aromatic N) is 4. The highest BCUT2D eigenvalue weighted by molar-refractivity contribution is 5.53. The molecule has 1 aliphatic heterocycles. The van der Waals surface area contributed by atoms with Gasteiger partial charge in [0.25, 0.3) is 0 Å². The fourth-order valence-electron chi connectivity index (χ4n) is 2.30. The predicted molar refractivity (Wildman–Crippen MR) is 68.8 cm³/mol. The molecular formula is C13H16N4O. The smallest absolute Gasteiger partial charge is 0.0697 e. The number of hydrogen-bond acceptors (Lipinski definition) is 4. The molecule has 1 saturated heterocycles. The van der Waals surface area contributed by atoms with Gasteiger partial charge < -0.3 is 10.0 Å². The van der Waals surface area contributed by atoms with Gasteiger partial charge in [0, 0.05) is 18.8 Å². The Morgan fingerprint density at radius 3 is 2.67 bits per heavy atom. The molecule has 1 aliphatic rings. The lowest BCUT2D eigenvalue weighted by atomic mass is 10.1. The topological polar surface area (TPSA) is 54.2 Å². The summed E-state index contributed by atoms with van der Waals surface area (Å²) in [5, 5.41) is 17.3. The molecule has 5 nitrogen and oxygen atoms in total. The Hall–Kier alpha value is -1.88. The minimum absolute atomic E-state index is 0.139. The third-order valence-corrected chi connectivity index (χ3v) is 3.35. The van der Waals surface area contributed by atoms with Crippen LogP contribution in [0.3, 0.4) is 0 Å². The maximum atomic E-state index is 9.53. The van der Waals surface area contributed by atoms with Crippen molar-refractivity contribution in [3.63, 3.8) is 0 Å². The summed E-state index contributed by atoms with van der Waals surface area (Å²) < 4.78 is 1.75. The van der Waals surface area contributed by atoms with E-state index in [1.54, 1.807) is 10.9 Å². The lowest BCUT2D eigenvalue weighted by Gasteiger charge is -2.31. The van der Waals surface area contributed by atoms with Gasteiger partial charge in [-0.1, -0.05) is 11.3 Å². The number of benzene rings is 1. The zero-order valence-electron chi connectivity index (χ0n) is 10.1. The van der Waals surface area contributed by atoms with Crippen LogP contribution in [-0.4, -0.2) is 39.3 Å². The van der Waals surface area contributed by atoms with Crippen LogP contribution in [0.15, 0.2) is 36.7 Å². The Balaban J connectivity index is 1.83. The van der Waals surface area contributed by atoms with E-state index in [0.717, 1.165) is 31.6 Å². The Kier molecular flexibility index (Phi) is 2.98. The van der Waals surface area contributed by atoms with Crippen molar-refractivity contribution in [1.82, 2.24) is 15.0 Å². The molecule has 1 aromatic heterocycles. The molecule has 0 atom stereocenters. The van der Waals surface area contributed by atoms with Crippen LogP contribution >= 0.6 is 0 Å². The number of aliphatic hydroxyl groups excluding tert-OH is 1. The predicted octanol–water partition coefficient (Wildman–Crippen LogP) is 1.23. The van der Waals surface area contributed by atoms with E-state index in [2.05, 4.69) is 27.3 Å². The van der Waals surface area contributed by atoms with Gasteiger partial charge in [-0.3, -0.25) is 0 Å². The van der Waals surface area contributed by atoms with Crippen LogP contribution in [0.25, 0.3) is 5.69 Å². The molecule has 1 aromatic carbocycles. The van der Waals surface area contributed by atoms with Gasteiger partial charge in [-0.2, -0.15) is 0 Å². The fourth-order valence-corrected chi connectivity index (χ4v) is 2.30. The fraction of sp³-hybridized carbons (Fsp3) is 0.385. The molecule has 18 heavy (non-hydrogen) atoms. The standard InChI is InChI=1S/C13H16N4O/c18-13-4-7-16(8-5-13)11-2-1-3-12(10-11)17-9-6-14-15-17/h1-3,6,9-10,13,18H,4-5,7-8H2. The first-order chi connectivity index (χ1) is 8.83. The third-order valence-electron chi connectivity index (χ3n) is 3.35. The summed E-state index contributed by atoms with van der Waals surface area (Å²) in [4.78, 5) is 2.30. The molecule has 0 aliphatic carbocycles. The second kappa shape index (κ2) is 4.78. The molecule has 1 N–H and O–H groups in total. The minimum atomic E-state index is -0.139. The van der Waals surface area contributed by atoms with Crippen molar-refractivity contribution in [1.29, 1.82) is 0 Å². The first kappa shape index (κ1) is 11.2. The minimum Gasteiger partial charge on any atom is -0.393 e. The highest BCUT2D eigenvalue weighted by Gasteiger charge is 2.17. The van der Waals surface area contributed by atoms with E-state index >= 15 is 0 Å². The zero-order chi connectivity index (χ0) is 12.4. The number of aliphatic hydroxyl groups is 1. The van der Waals surface area contributed by atoms with Crippen LogP contribution < -0.4 is 4.90 Å². The summed E-state index contributed by atoms with van der Waals surface area (Å²) in [6.45, 7) is 1.81. The van der Waals surface area contributed by atoms with Gasteiger partial charge in [0.15, 0.2) is 0 Å². The Bertz CT molecular complexity index is 503. The molecule has 94 valence electrons. The molecule has 2 heterocycles. The van der Waals surface area contributed by atoms with Gasteiger partial charge in [-0.05, 0) is 31.0 Å². The molecule has 0 saturated carbocycles. The van der Waals surface area contributed by atoms with Crippen LogP contribution in [0.2, 0.25) is 0 Å². The van der Waals surface area contributed by atoms with Crippen molar-refractivity contribution in [2.75, 3.05) is 18.0 Å². The average molecular weight is 244 g/mol. The average Bonchev–Trinajstić information content (AvgIpc) is 2.94. The van der Waals surface area contributed by atoms with Crippen molar-refractivity contribution in [2.45, 2.75) is 18.9 Å². The molecule has 3 rings (SSSR count). The maximum absolute atomic E-state index is 9.53. The molecule has 0 radical (unpaired) electrons. The monoisotopic (exact) mass is 244 g/mol. The van der Waals surface area contributed by atoms with Gasteiger partial charge in [0.1, 0.15) is 0 Å². The Morgan fingerprint density at radius 2 is 1.94 bits per heavy atom. The molecule has 0 spiro atoms. The first-order valence-corrected chi connectivity index (χ1v) is 6.23. The van der Waals surface area contributed by atoms with Crippen LogP contribution in [0.1, 0.15) is 12.8 Å². The Morgan fingerprint density at radius 1 is 1.17 bits per heavy atom. The zero-order valence-corrected chi connectivity index (χ0v) is 10.1. The summed E-state index contributed by atoms with van der Waals surface area (Å²) in [5.74, 6) is 0. The van der Waals surface area contributed by atoms with Crippen molar-refractivity contribution in [2.24, 2.45) is 0 Å². The quantitative estimate of drug-likeness (QED) is 0.863. The van der Waals surface area contributed by atoms with Gasteiger partial charge >= 0.3 is 0 Å². The maximum Gasteiger partial charge on any atom is 0.0697 e.